The number of hydrogen-bond acceptors (Lipinski definition) is 3. The van der Waals surface area contributed by atoms with Crippen molar-refractivity contribution in [3.05, 3.63) is 34.5 Å². The zero-order chi connectivity index (χ0) is 16.1. The van der Waals surface area contributed by atoms with Gasteiger partial charge in [0.2, 0.25) is 0 Å². The lowest BCUT2D eigenvalue weighted by atomic mass is 9.98. The molecule has 1 N–H and O–H groups in total. The van der Waals surface area contributed by atoms with Crippen LogP contribution in [0.3, 0.4) is 0 Å². The molecule has 124 valence electrons. The molecule has 1 saturated carbocycles. The highest BCUT2D eigenvalue weighted by Gasteiger charge is 2.14. The molecule has 0 radical (unpaired) electrons. The molecule has 1 amide bonds. The normalized spacial score (nSPS) is 15.9. The number of furan rings is 1. The van der Waals surface area contributed by atoms with Crippen molar-refractivity contribution in [1.29, 1.82) is 0 Å². The number of ether oxygens (including phenoxy) is 1. The molecule has 0 bridgehead atoms. The number of amides is 1. The molecular weight excluding hydrogens is 358 g/mol. The van der Waals surface area contributed by atoms with Crippen molar-refractivity contribution in [3.8, 4) is 0 Å². The first-order chi connectivity index (χ1) is 11.2. The van der Waals surface area contributed by atoms with E-state index in [-0.39, 0.29) is 5.91 Å². The molecule has 0 aliphatic heterocycles. The lowest BCUT2D eigenvalue weighted by Crippen LogP contribution is -2.25. The zero-order valence-electron chi connectivity index (χ0n) is 13.1. The molecule has 0 saturated heterocycles. The minimum Gasteiger partial charge on any atom is -0.451 e. The molecule has 3 rings (SSSR count). The summed E-state index contributed by atoms with van der Waals surface area (Å²) in [6.45, 7) is 1.31. The van der Waals surface area contributed by atoms with Crippen LogP contribution in [0.2, 0.25) is 0 Å². The largest absolute Gasteiger partial charge is 0.451 e. The third kappa shape index (κ3) is 4.58. The molecule has 4 nitrogen and oxygen atoms in total. The summed E-state index contributed by atoms with van der Waals surface area (Å²) in [5.74, 6) is 0.182. The summed E-state index contributed by atoms with van der Waals surface area (Å²) in [5, 5.41) is 3.81. The number of rotatable bonds is 6. The van der Waals surface area contributed by atoms with Crippen LogP contribution in [0.5, 0.6) is 0 Å². The standard InChI is InChI=1S/C18H22BrNO3/c19-14-7-8-16-13(11-14)12-17(23-16)18(21)20-9-4-10-22-15-5-2-1-3-6-15/h7-8,11-12,15H,1-6,9-10H2,(H,20,21). The highest BCUT2D eigenvalue weighted by molar-refractivity contribution is 9.10. The smallest absolute Gasteiger partial charge is 0.287 e. The predicted octanol–water partition coefficient (Wildman–Crippen LogP) is 4.66. The van der Waals surface area contributed by atoms with Gasteiger partial charge in [0.25, 0.3) is 5.91 Å². The quantitative estimate of drug-likeness (QED) is 0.742. The number of benzene rings is 1. The lowest BCUT2D eigenvalue weighted by molar-refractivity contribution is 0.0273. The number of carbonyl (C=O) groups excluding carboxylic acids is 1. The van der Waals surface area contributed by atoms with Crippen molar-refractivity contribution in [2.45, 2.75) is 44.6 Å². The first-order valence-electron chi connectivity index (χ1n) is 8.31. The molecule has 23 heavy (non-hydrogen) atoms. The average Bonchev–Trinajstić information content (AvgIpc) is 2.98. The van der Waals surface area contributed by atoms with Crippen LogP contribution < -0.4 is 5.32 Å². The molecule has 5 heteroatoms. The van der Waals surface area contributed by atoms with Gasteiger partial charge in [0, 0.05) is 23.0 Å². The minimum atomic E-state index is -0.171. The maximum atomic E-state index is 12.1. The summed E-state index contributed by atoms with van der Waals surface area (Å²) in [4.78, 5) is 12.1. The van der Waals surface area contributed by atoms with Crippen LogP contribution in [0, 0.1) is 0 Å². The number of carbonyl (C=O) groups is 1. The zero-order valence-corrected chi connectivity index (χ0v) is 14.7. The fraction of sp³-hybridized carbons (Fsp3) is 0.500. The van der Waals surface area contributed by atoms with E-state index in [1.165, 1.54) is 32.1 Å². The lowest BCUT2D eigenvalue weighted by Gasteiger charge is -2.21. The average molecular weight is 380 g/mol. The minimum absolute atomic E-state index is 0.171. The highest BCUT2D eigenvalue weighted by atomic mass is 79.9. The van der Waals surface area contributed by atoms with E-state index in [1.54, 1.807) is 6.07 Å². The van der Waals surface area contributed by atoms with Crippen molar-refractivity contribution in [3.63, 3.8) is 0 Å². The van der Waals surface area contributed by atoms with E-state index in [1.807, 2.05) is 18.2 Å². The summed E-state index contributed by atoms with van der Waals surface area (Å²) in [6.07, 6.45) is 7.51. The maximum absolute atomic E-state index is 12.1. The third-order valence-corrected chi connectivity index (χ3v) is 4.71. The fourth-order valence-electron chi connectivity index (χ4n) is 2.97. The molecule has 1 aliphatic carbocycles. The van der Waals surface area contributed by atoms with E-state index >= 15 is 0 Å². The van der Waals surface area contributed by atoms with Gasteiger partial charge in [0.15, 0.2) is 5.76 Å². The van der Waals surface area contributed by atoms with Crippen LogP contribution in [-0.2, 0) is 4.74 Å². The van der Waals surface area contributed by atoms with E-state index < -0.39 is 0 Å². The Morgan fingerprint density at radius 2 is 2.09 bits per heavy atom. The van der Waals surface area contributed by atoms with Crippen LogP contribution in [0.25, 0.3) is 11.0 Å². The molecule has 0 spiro atoms. The Morgan fingerprint density at radius 3 is 2.91 bits per heavy atom. The second-order valence-electron chi connectivity index (χ2n) is 6.03. The van der Waals surface area contributed by atoms with E-state index in [9.17, 15) is 4.79 Å². The van der Waals surface area contributed by atoms with Gasteiger partial charge >= 0.3 is 0 Å². The van der Waals surface area contributed by atoms with Gasteiger partial charge in [0.1, 0.15) is 5.58 Å². The molecule has 2 aromatic rings. The number of halogens is 1. The van der Waals surface area contributed by atoms with Crippen LogP contribution in [0.15, 0.2) is 33.2 Å². The summed E-state index contributed by atoms with van der Waals surface area (Å²) in [6, 6.07) is 7.46. The first kappa shape index (κ1) is 16.5. The van der Waals surface area contributed by atoms with E-state index in [4.69, 9.17) is 9.15 Å². The van der Waals surface area contributed by atoms with E-state index in [2.05, 4.69) is 21.2 Å². The van der Waals surface area contributed by atoms with Crippen LogP contribution in [-0.4, -0.2) is 25.2 Å². The van der Waals surface area contributed by atoms with Gasteiger partial charge in [-0.15, -0.1) is 0 Å². The molecule has 1 aromatic heterocycles. The Hall–Kier alpha value is -1.33. The van der Waals surface area contributed by atoms with Gasteiger partial charge in [-0.2, -0.15) is 0 Å². The molecule has 1 fully saturated rings. The van der Waals surface area contributed by atoms with Crippen molar-refractivity contribution in [2.24, 2.45) is 0 Å². The summed E-state index contributed by atoms with van der Waals surface area (Å²) < 4.78 is 12.4. The van der Waals surface area contributed by atoms with Gasteiger partial charge in [0.05, 0.1) is 6.10 Å². The van der Waals surface area contributed by atoms with Crippen LogP contribution >= 0.6 is 15.9 Å². The van der Waals surface area contributed by atoms with E-state index in [0.717, 1.165) is 21.9 Å². The molecule has 0 atom stereocenters. The molecule has 0 unspecified atom stereocenters. The van der Waals surface area contributed by atoms with Crippen molar-refractivity contribution < 1.29 is 13.9 Å². The Labute approximate surface area is 144 Å². The van der Waals surface area contributed by atoms with Crippen LogP contribution in [0.1, 0.15) is 49.1 Å². The molecule has 1 heterocycles. The van der Waals surface area contributed by atoms with E-state index in [0.29, 0.717) is 25.0 Å². The summed E-state index contributed by atoms with van der Waals surface area (Å²) in [7, 11) is 0. The monoisotopic (exact) mass is 379 g/mol. The van der Waals surface area contributed by atoms with Gasteiger partial charge in [-0.25, -0.2) is 0 Å². The van der Waals surface area contributed by atoms with Gasteiger partial charge in [-0.3, -0.25) is 4.79 Å². The predicted molar refractivity (Wildman–Crippen MR) is 93.7 cm³/mol. The van der Waals surface area contributed by atoms with Crippen molar-refractivity contribution in [2.75, 3.05) is 13.2 Å². The highest BCUT2D eigenvalue weighted by Crippen LogP contribution is 2.23. The second-order valence-corrected chi connectivity index (χ2v) is 6.95. The Balaban J connectivity index is 1.41. The Morgan fingerprint density at radius 1 is 1.26 bits per heavy atom. The summed E-state index contributed by atoms with van der Waals surface area (Å²) in [5.41, 5.74) is 0.721. The fourth-order valence-corrected chi connectivity index (χ4v) is 3.35. The first-order valence-corrected chi connectivity index (χ1v) is 9.10. The van der Waals surface area contributed by atoms with Crippen LogP contribution in [0.4, 0.5) is 0 Å². The van der Waals surface area contributed by atoms with Crippen molar-refractivity contribution in [1.82, 2.24) is 5.32 Å². The van der Waals surface area contributed by atoms with Crippen molar-refractivity contribution >= 4 is 32.8 Å². The third-order valence-electron chi connectivity index (χ3n) is 4.21. The second kappa shape index (κ2) is 7.97. The Bertz CT molecular complexity index is 661. The SMILES string of the molecule is O=C(NCCCOC1CCCCC1)c1cc2cc(Br)ccc2o1. The molecule has 1 aromatic carbocycles. The molecule has 1 aliphatic rings. The topological polar surface area (TPSA) is 51.5 Å². The van der Waals surface area contributed by atoms with Gasteiger partial charge < -0.3 is 14.5 Å². The summed E-state index contributed by atoms with van der Waals surface area (Å²) >= 11 is 3.41. The van der Waals surface area contributed by atoms with Gasteiger partial charge in [-0.05, 0) is 43.5 Å². The van der Waals surface area contributed by atoms with Gasteiger partial charge in [-0.1, -0.05) is 35.2 Å². The number of fused-ring (bicyclic) bond motifs is 1. The number of hydrogen-bond donors (Lipinski definition) is 1. The molecular formula is C18H22BrNO3. The number of nitrogens with one attached hydrogen (secondary N) is 1. The maximum Gasteiger partial charge on any atom is 0.287 e. The Kier molecular flexibility index (Phi) is 5.73.